The van der Waals surface area contributed by atoms with Crippen molar-refractivity contribution in [1.82, 2.24) is 0 Å². The highest BCUT2D eigenvalue weighted by Gasteiger charge is 2.13. The van der Waals surface area contributed by atoms with E-state index >= 15 is 0 Å². The molecule has 0 saturated carbocycles. The molecule has 0 aliphatic carbocycles. The van der Waals surface area contributed by atoms with E-state index in [1.54, 1.807) is 13.4 Å². The van der Waals surface area contributed by atoms with Gasteiger partial charge in [-0.3, -0.25) is 0 Å². The van der Waals surface area contributed by atoms with Gasteiger partial charge in [0.25, 0.3) is 0 Å². The molecule has 1 aromatic heterocycles. The highest BCUT2D eigenvalue weighted by molar-refractivity contribution is 9.09. The molecule has 2 aromatic rings. The molecule has 0 N–H and O–H groups in total. The third kappa shape index (κ3) is 2.55. The predicted octanol–water partition coefficient (Wildman–Crippen LogP) is 4.39. The number of rotatable bonds is 3. The van der Waals surface area contributed by atoms with Crippen LogP contribution in [-0.4, -0.2) is 7.11 Å². The molecule has 0 fully saturated rings. The molecule has 17 heavy (non-hydrogen) atoms. The van der Waals surface area contributed by atoms with Crippen LogP contribution in [0.25, 0.3) is 0 Å². The van der Waals surface area contributed by atoms with Gasteiger partial charge in [0.05, 0.1) is 18.2 Å². The van der Waals surface area contributed by atoms with E-state index in [0.29, 0.717) is 0 Å². The molecule has 1 atom stereocenters. The number of benzene rings is 1. The molecule has 0 spiro atoms. The molecular weight excluding hydrogens is 280 g/mol. The van der Waals surface area contributed by atoms with Crippen molar-refractivity contribution in [2.24, 2.45) is 0 Å². The fourth-order valence-corrected chi connectivity index (χ4v) is 2.37. The minimum atomic E-state index is 0.157. The van der Waals surface area contributed by atoms with E-state index in [1.165, 1.54) is 5.56 Å². The number of hydrogen-bond donors (Lipinski definition) is 0. The van der Waals surface area contributed by atoms with E-state index < -0.39 is 0 Å². The Kier molecular flexibility index (Phi) is 3.57. The van der Waals surface area contributed by atoms with Crippen LogP contribution in [-0.2, 0) is 0 Å². The molecule has 0 aliphatic rings. The Morgan fingerprint density at radius 1 is 1.18 bits per heavy atom. The van der Waals surface area contributed by atoms with Gasteiger partial charge in [-0.25, -0.2) is 0 Å². The summed E-state index contributed by atoms with van der Waals surface area (Å²) >= 11 is 3.69. The van der Waals surface area contributed by atoms with E-state index in [0.717, 1.165) is 22.6 Å². The quantitative estimate of drug-likeness (QED) is 0.784. The number of furan rings is 1. The summed E-state index contributed by atoms with van der Waals surface area (Å²) in [4.78, 5) is 0.157. The van der Waals surface area contributed by atoms with Crippen LogP contribution in [0.15, 0.2) is 34.9 Å². The first-order valence-corrected chi connectivity index (χ1v) is 6.37. The number of alkyl halides is 1. The molecule has 0 saturated heterocycles. The van der Waals surface area contributed by atoms with E-state index in [-0.39, 0.29) is 4.83 Å². The average Bonchev–Trinajstić information content (AvgIpc) is 2.75. The number of aryl methyl sites for hydroxylation is 2. The Balaban J connectivity index is 2.31. The predicted molar refractivity (Wildman–Crippen MR) is 71.9 cm³/mol. The van der Waals surface area contributed by atoms with Crippen LogP contribution in [0.1, 0.15) is 27.3 Å². The SMILES string of the molecule is COc1ccc(C(Br)c2coc(C)c2)cc1C. The van der Waals surface area contributed by atoms with Gasteiger partial charge >= 0.3 is 0 Å². The Bertz CT molecular complexity index is 517. The van der Waals surface area contributed by atoms with Crippen molar-refractivity contribution in [2.75, 3.05) is 7.11 Å². The molecule has 3 heteroatoms. The molecule has 1 heterocycles. The zero-order valence-electron chi connectivity index (χ0n) is 10.2. The lowest BCUT2D eigenvalue weighted by molar-refractivity contribution is 0.411. The van der Waals surface area contributed by atoms with Crippen molar-refractivity contribution in [3.8, 4) is 5.75 Å². The van der Waals surface area contributed by atoms with Crippen molar-refractivity contribution in [1.29, 1.82) is 0 Å². The standard InChI is InChI=1S/C14H15BrO2/c1-9-6-11(4-5-13(9)16-3)14(15)12-7-10(2)17-8-12/h4-8,14H,1-3H3. The van der Waals surface area contributed by atoms with Crippen LogP contribution in [0.5, 0.6) is 5.75 Å². The third-order valence-corrected chi connectivity index (χ3v) is 3.81. The lowest BCUT2D eigenvalue weighted by Gasteiger charge is -2.11. The summed E-state index contributed by atoms with van der Waals surface area (Å²) in [5.74, 6) is 1.84. The molecule has 1 aromatic carbocycles. The maximum absolute atomic E-state index is 5.33. The Morgan fingerprint density at radius 3 is 2.47 bits per heavy atom. The minimum absolute atomic E-state index is 0.157. The summed E-state index contributed by atoms with van der Waals surface area (Å²) in [6.07, 6.45) is 1.79. The smallest absolute Gasteiger partial charge is 0.121 e. The average molecular weight is 295 g/mol. The number of ether oxygens (including phenoxy) is 1. The van der Waals surface area contributed by atoms with Crippen LogP contribution >= 0.6 is 15.9 Å². The lowest BCUT2D eigenvalue weighted by Crippen LogP contribution is -1.93. The number of halogens is 1. The second-order valence-electron chi connectivity index (χ2n) is 4.08. The van der Waals surface area contributed by atoms with Crippen LogP contribution in [0.4, 0.5) is 0 Å². The topological polar surface area (TPSA) is 22.4 Å². The van der Waals surface area contributed by atoms with Gasteiger partial charge in [0.15, 0.2) is 0 Å². The summed E-state index contributed by atoms with van der Waals surface area (Å²) < 4.78 is 10.6. The number of methoxy groups -OCH3 is 1. The van der Waals surface area contributed by atoms with Gasteiger partial charge in [0, 0.05) is 5.56 Å². The monoisotopic (exact) mass is 294 g/mol. The van der Waals surface area contributed by atoms with Gasteiger partial charge in [0.2, 0.25) is 0 Å². The zero-order valence-corrected chi connectivity index (χ0v) is 11.7. The summed E-state index contributed by atoms with van der Waals surface area (Å²) in [5, 5.41) is 0. The van der Waals surface area contributed by atoms with E-state index in [1.807, 2.05) is 26.0 Å². The minimum Gasteiger partial charge on any atom is -0.496 e. The molecule has 2 nitrogen and oxygen atoms in total. The first kappa shape index (κ1) is 12.2. The fourth-order valence-electron chi connectivity index (χ4n) is 1.85. The number of hydrogen-bond acceptors (Lipinski definition) is 2. The summed E-state index contributed by atoms with van der Waals surface area (Å²) in [7, 11) is 1.69. The van der Waals surface area contributed by atoms with Crippen molar-refractivity contribution in [2.45, 2.75) is 18.7 Å². The fraction of sp³-hybridized carbons (Fsp3) is 0.286. The van der Waals surface area contributed by atoms with E-state index in [4.69, 9.17) is 9.15 Å². The second kappa shape index (κ2) is 4.96. The zero-order chi connectivity index (χ0) is 12.4. The Labute approximate surface area is 110 Å². The second-order valence-corrected chi connectivity index (χ2v) is 5.00. The van der Waals surface area contributed by atoms with E-state index in [9.17, 15) is 0 Å². The van der Waals surface area contributed by atoms with Crippen LogP contribution < -0.4 is 4.74 Å². The lowest BCUT2D eigenvalue weighted by atomic mass is 10.0. The van der Waals surface area contributed by atoms with Crippen molar-refractivity contribution >= 4 is 15.9 Å². The maximum atomic E-state index is 5.33. The van der Waals surface area contributed by atoms with Gasteiger partial charge in [-0.2, -0.15) is 0 Å². The highest BCUT2D eigenvalue weighted by atomic mass is 79.9. The summed E-state index contributed by atoms with van der Waals surface area (Å²) in [6, 6.07) is 8.22. The molecule has 0 radical (unpaired) electrons. The first-order valence-electron chi connectivity index (χ1n) is 5.45. The van der Waals surface area contributed by atoms with Gasteiger partial charge in [-0.1, -0.05) is 28.1 Å². The normalized spacial score (nSPS) is 12.5. The van der Waals surface area contributed by atoms with Crippen LogP contribution in [0.2, 0.25) is 0 Å². The largest absolute Gasteiger partial charge is 0.496 e. The third-order valence-electron chi connectivity index (χ3n) is 2.76. The van der Waals surface area contributed by atoms with Crippen molar-refractivity contribution in [3.05, 3.63) is 53.0 Å². The van der Waals surface area contributed by atoms with E-state index in [2.05, 4.69) is 28.1 Å². The van der Waals surface area contributed by atoms with Gasteiger partial charge in [-0.15, -0.1) is 0 Å². The summed E-state index contributed by atoms with van der Waals surface area (Å²) in [5.41, 5.74) is 3.46. The molecule has 2 rings (SSSR count). The Morgan fingerprint density at radius 2 is 1.94 bits per heavy atom. The molecule has 0 bridgehead atoms. The van der Waals surface area contributed by atoms with Gasteiger partial charge in [-0.05, 0) is 37.1 Å². The molecule has 90 valence electrons. The highest BCUT2D eigenvalue weighted by Crippen LogP contribution is 2.33. The summed E-state index contributed by atoms with van der Waals surface area (Å²) in [6.45, 7) is 3.99. The van der Waals surface area contributed by atoms with Gasteiger partial charge < -0.3 is 9.15 Å². The molecule has 0 aliphatic heterocycles. The molecule has 0 amide bonds. The van der Waals surface area contributed by atoms with Crippen LogP contribution in [0.3, 0.4) is 0 Å². The van der Waals surface area contributed by atoms with Crippen molar-refractivity contribution < 1.29 is 9.15 Å². The molecule has 1 unspecified atom stereocenters. The Hall–Kier alpha value is -1.22. The van der Waals surface area contributed by atoms with Gasteiger partial charge in [0.1, 0.15) is 11.5 Å². The van der Waals surface area contributed by atoms with Crippen LogP contribution in [0, 0.1) is 13.8 Å². The maximum Gasteiger partial charge on any atom is 0.121 e. The molecular formula is C14H15BrO2. The first-order chi connectivity index (χ1) is 8.11. The van der Waals surface area contributed by atoms with Crippen molar-refractivity contribution in [3.63, 3.8) is 0 Å².